The zero-order valence-electron chi connectivity index (χ0n) is 6.25. The number of carbonyl (C=O) groups is 1. The minimum atomic E-state index is -1.50. The first kappa shape index (κ1) is 9.40. The number of aliphatic hydroxyl groups is 2. The van der Waals surface area contributed by atoms with E-state index in [2.05, 4.69) is 4.74 Å². The fraction of sp³-hybridized carbons (Fsp3) is 0.833. The number of carboxylic acid groups (broad SMARTS) is 1. The van der Waals surface area contributed by atoms with Gasteiger partial charge in [-0.25, -0.2) is 4.79 Å². The van der Waals surface area contributed by atoms with Crippen molar-refractivity contribution in [1.82, 2.24) is 0 Å². The maximum atomic E-state index is 10.4. The molecule has 0 amide bonds. The molecule has 0 aromatic heterocycles. The molecule has 0 aromatic rings. The van der Waals surface area contributed by atoms with Gasteiger partial charge in [-0.05, 0) is 0 Å². The van der Waals surface area contributed by atoms with Crippen LogP contribution in [0.15, 0.2) is 0 Å². The van der Waals surface area contributed by atoms with Crippen molar-refractivity contribution in [3.8, 4) is 0 Å². The summed E-state index contributed by atoms with van der Waals surface area (Å²) in [6.07, 6.45) is -3.83. The highest BCUT2D eigenvalue weighted by molar-refractivity contribution is 5.72. The van der Waals surface area contributed by atoms with E-state index in [1.807, 2.05) is 0 Å². The largest absolute Gasteiger partial charge is 0.479 e. The molecule has 1 aliphatic heterocycles. The lowest BCUT2D eigenvalue weighted by molar-refractivity contribution is -0.226. The number of ether oxygens (including phenoxy) is 1. The number of aliphatic carboxylic acids is 1. The number of hydrogen-bond acceptors (Lipinski definition) is 5. The van der Waals surface area contributed by atoms with Gasteiger partial charge in [0.2, 0.25) is 0 Å². The number of nitrogens with two attached hydrogens (primary N) is 1. The lowest BCUT2D eigenvalue weighted by Crippen LogP contribution is -2.54. The van der Waals surface area contributed by atoms with Gasteiger partial charge in [0.25, 0.3) is 0 Å². The molecule has 4 atom stereocenters. The van der Waals surface area contributed by atoms with Crippen LogP contribution >= 0.6 is 0 Å². The van der Waals surface area contributed by atoms with Crippen LogP contribution < -0.4 is 5.73 Å². The van der Waals surface area contributed by atoms with Gasteiger partial charge >= 0.3 is 5.97 Å². The van der Waals surface area contributed by atoms with Gasteiger partial charge in [-0.15, -0.1) is 0 Å². The molecule has 6 nitrogen and oxygen atoms in total. The molecule has 1 saturated heterocycles. The van der Waals surface area contributed by atoms with Crippen LogP contribution in [-0.4, -0.2) is 45.8 Å². The fourth-order valence-corrected chi connectivity index (χ4v) is 1.06. The second kappa shape index (κ2) is 3.36. The Bertz CT molecular complexity index is 173. The molecule has 5 N–H and O–H groups in total. The Morgan fingerprint density at radius 3 is 2.50 bits per heavy atom. The molecule has 6 heteroatoms. The predicted molar refractivity (Wildman–Crippen MR) is 37.1 cm³/mol. The van der Waals surface area contributed by atoms with E-state index in [-0.39, 0.29) is 6.42 Å². The van der Waals surface area contributed by atoms with Gasteiger partial charge in [0.05, 0.1) is 0 Å². The van der Waals surface area contributed by atoms with E-state index in [1.54, 1.807) is 0 Å². The first-order chi connectivity index (χ1) is 5.52. The van der Waals surface area contributed by atoms with E-state index >= 15 is 0 Å². The Morgan fingerprint density at radius 1 is 1.50 bits per heavy atom. The third-order valence-corrected chi connectivity index (χ3v) is 1.80. The van der Waals surface area contributed by atoms with Gasteiger partial charge < -0.3 is 25.8 Å². The van der Waals surface area contributed by atoms with Crippen LogP contribution in [0.1, 0.15) is 6.42 Å². The topological polar surface area (TPSA) is 113 Å². The molecule has 12 heavy (non-hydrogen) atoms. The van der Waals surface area contributed by atoms with Crippen molar-refractivity contribution in [2.75, 3.05) is 0 Å². The summed E-state index contributed by atoms with van der Waals surface area (Å²) >= 11 is 0. The van der Waals surface area contributed by atoms with Gasteiger partial charge in [-0.3, -0.25) is 0 Å². The van der Waals surface area contributed by atoms with Crippen molar-refractivity contribution in [3.63, 3.8) is 0 Å². The van der Waals surface area contributed by atoms with Crippen LogP contribution in [0.25, 0.3) is 0 Å². The molecule has 0 bridgehead atoms. The highest BCUT2D eigenvalue weighted by Crippen LogP contribution is 2.17. The lowest BCUT2D eigenvalue weighted by atomic mass is 10.0. The third kappa shape index (κ3) is 1.72. The first-order valence-electron chi connectivity index (χ1n) is 3.52. The average molecular weight is 177 g/mol. The number of hydrogen-bond donors (Lipinski definition) is 4. The lowest BCUT2D eigenvalue weighted by Gasteiger charge is -2.32. The molecule has 0 aromatic carbocycles. The Kier molecular flexibility index (Phi) is 2.63. The average Bonchev–Trinajstić information content (AvgIpc) is 1.99. The summed E-state index contributed by atoms with van der Waals surface area (Å²) in [4.78, 5) is 10.4. The minimum absolute atomic E-state index is 0.00750. The Morgan fingerprint density at radius 2 is 2.08 bits per heavy atom. The molecule has 1 unspecified atom stereocenters. The van der Waals surface area contributed by atoms with E-state index in [0.29, 0.717) is 0 Å². The molecule has 0 spiro atoms. The van der Waals surface area contributed by atoms with Crippen molar-refractivity contribution >= 4 is 5.97 Å². The molecular formula is C6H11NO5. The van der Waals surface area contributed by atoms with E-state index in [1.165, 1.54) is 0 Å². The van der Waals surface area contributed by atoms with Gasteiger partial charge in [0, 0.05) is 12.5 Å². The summed E-state index contributed by atoms with van der Waals surface area (Å²) in [6, 6.07) is -0.755. The van der Waals surface area contributed by atoms with Crippen molar-refractivity contribution in [2.24, 2.45) is 5.73 Å². The minimum Gasteiger partial charge on any atom is -0.479 e. The van der Waals surface area contributed by atoms with Crippen LogP contribution in [-0.2, 0) is 9.53 Å². The molecular weight excluding hydrogens is 166 g/mol. The maximum absolute atomic E-state index is 10.4. The van der Waals surface area contributed by atoms with Crippen molar-refractivity contribution < 1.29 is 24.9 Å². The number of aliphatic hydroxyl groups excluding tert-OH is 2. The molecule has 0 radical (unpaired) electrons. The summed E-state index contributed by atoms with van der Waals surface area (Å²) in [7, 11) is 0. The highest BCUT2D eigenvalue weighted by Gasteiger charge is 2.37. The molecule has 1 rings (SSSR count). The van der Waals surface area contributed by atoms with E-state index < -0.39 is 30.5 Å². The quantitative estimate of drug-likeness (QED) is 0.364. The predicted octanol–water partition coefficient (Wildman–Crippen LogP) is -2.13. The zero-order valence-corrected chi connectivity index (χ0v) is 6.25. The SMILES string of the molecule is N[C@H]1C[C@@H](C(=O)O)OC(O)[C@@H]1O. The highest BCUT2D eigenvalue weighted by atomic mass is 16.6. The molecule has 1 heterocycles. The summed E-state index contributed by atoms with van der Waals surface area (Å²) in [5.41, 5.74) is 5.34. The monoisotopic (exact) mass is 177 g/mol. The zero-order chi connectivity index (χ0) is 9.30. The Labute approximate surface area is 68.6 Å². The van der Waals surface area contributed by atoms with Gasteiger partial charge in [0.1, 0.15) is 6.10 Å². The first-order valence-corrected chi connectivity index (χ1v) is 3.52. The van der Waals surface area contributed by atoms with Gasteiger partial charge in [-0.2, -0.15) is 0 Å². The fourth-order valence-electron chi connectivity index (χ4n) is 1.06. The van der Waals surface area contributed by atoms with Crippen molar-refractivity contribution in [1.29, 1.82) is 0 Å². The third-order valence-electron chi connectivity index (χ3n) is 1.80. The van der Waals surface area contributed by atoms with Crippen molar-refractivity contribution in [2.45, 2.75) is 31.0 Å². The van der Waals surface area contributed by atoms with E-state index in [0.717, 1.165) is 0 Å². The summed E-state index contributed by atoms with van der Waals surface area (Å²) in [5.74, 6) is -1.18. The van der Waals surface area contributed by atoms with Crippen LogP contribution in [0, 0.1) is 0 Å². The molecule has 1 fully saturated rings. The summed E-state index contributed by atoms with van der Waals surface area (Å²) < 4.78 is 4.56. The van der Waals surface area contributed by atoms with Crippen LogP contribution in [0.5, 0.6) is 0 Å². The molecule has 1 aliphatic rings. The van der Waals surface area contributed by atoms with Crippen LogP contribution in [0.3, 0.4) is 0 Å². The Balaban J connectivity index is 2.59. The van der Waals surface area contributed by atoms with Gasteiger partial charge in [-0.1, -0.05) is 0 Å². The number of carboxylic acids is 1. The molecule has 70 valence electrons. The van der Waals surface area contributed by atoms with E-state index in [4.69, 9.17) is 21.1 Å². The smallest absolute Gasteiger partial charge is 0.333 e. The van der Waals surface area contributed by atoms with E-state index in [9.17, 15) is 4.79 Å². The normalized spacial score (nSPS) is 42.6. The van der Waals surface area contributed by atoms with Gasteiger partial charge in [0.15, 0.2) is 12.4 Å². The second-order valence-corrected chi connectivity index (χ2v) is 2.74. The van der Waals surface area contributed by atoms with Crippen molar-refractivity contribution in [3.05, 3.63) is 0 Å². The maximum Gasteiger partial charge on any atom is 0.333 e. The second-order valence-electron chi connectivity index (χ2n) is 2.74. The molecule has 0 aliphatic carbocycles. The summed E-state index contributed by atoms with van der Waals surface area (Å²) in [6.45, 7) is 0. The number of rotatable bonds is 1. The standard InChI is InChI=1S/C6H11NO5/c7-2-1-3(5(9)10)12-6(11)4(2)8/h2-4,6,8,11H,1,7H2,(H,9,10)/t2-,3-,4+,6?/m0/s1. The van der Waals surface area contributed by atoms with Crippen LogP contribution in [0.4, 0.5) is 0 Å². The van der Waals surface area contributed by atoms with Crippen LogP contribution in [0.2, 0.25) is 0 Å². The summed E-state index contributed by atoms with van der Waals surface area (Å²) in [5, 5.41) is 26.5. The Hall–Kier alpha value is -0.690. The molecule has 0 saturated carbocycles.